The van der Waals surface area contributed by atoms with Gasteiger partial charge in [0.15, 0.2) is 0 Å². The molecule has 2 rings (SSSR count). The normalized spacial score (nSPS) is 10.2. The summed E-state index contributed by atoms with van der Waals surface area (Å²) in [6, 6.07) is 7.48. The van der Waals surface area contributed by atoms with Crippen molar-refractivity contribution in [2.24, 2.45) is 0 Å². The van der Waals surface area contributed by atoms with E-state index in [2.05, 4.69) is 37.9 Å². The molecule has 0 radical (unpaired) electrons. The zero-order valence-electron chi connectivity index (χ0n) is 10.9. The number of nitrogens with zero attached hydrogens (tertiary/aromatic N) is 4. The minimum Gasteiger partial charge on any atom is -0.357 e. The van der Waals surface area contributed by atoms with Crippen LogP contribution in [0, 0.1) is 13.7 Å². The first-order valence-corrected chi connectivity index (χ1v) is 6.76. The molecule has 0 bridgehead atoms. The molecule has 0 saturated heterocycles. The average molecular weight is 385 g/mol. The highest BCUT2D eigenvalue weighted by Gasteiger charge is 2.24. The van der Waals surface area contributed by atoms with Crippen molar-refractivity contribution in [1.82, 2.24) is 9.97 Å². The predicted molar refractivity (Wildman–Crippen MR) is 85.5 cm³/mol. The Balaban J connectivity index is 2.43. The fourth-order valence-electron chi connectivity index (χ4n) is 1.63. The van der Waals surface area contributed by atoms with Crippen LogP contribution in [0.1, 0.15) is 0 Å². The molecular formula is C12H12IN5O2. The van der Waals surface area contributed by atoms with Crippen molar-refractivity contribution in [3.63, 3.8) is 0 Å². The summed E-state index contributed by atoms with van der Waals surface area (Å²) in [6.07, 6.45) is 1.30. The Labute approximate surface area is 129 Å². The van der Waals surface area contributed by atoms with Crippen LogP contribution in [0.25, 0.3) is 0 Å². The van der Waals surface area contributed by atoms with Gasteiger partial charge in [0.25, 0.3) is 0 Å². The fraction of sp³-hybridized carbons (Fsp3) is 0.167. The van der Waals surface area contributed by atoms with Crippen molar-refractivity contribution in [3.05, 3.63) is 44.3 Å². The van der Waals surface area contributed by atoms with Gasteiger partial charge in [-0.2, -0.15) is 0 Å². The maximum atomic E-state index is 11.2. The van der Waals surface area contributed by atoms with Crippen molar-refractivity contribution in [3.8, 4) is 0 Å². The molecule has 8 heteroatoms. The summed E-state index contributed by atoms with van der Waals surface area (Å²) in [5, 5.41) is 14.2. The summed E-state index contributed by atoms with van der Waals surface area (Å²) in [4.78, 5) is 20.3. The highest BCUT2D eigenvalue weighted by Crippen LogP contribution is 2.32. The van der Waals surface area contributed by atoms with Gasteiger partial charge in [-0.25, -0.2) is 9.97 Å². The van der Waals surface area contributed by atoms with E-state index in [1.807, 2.05) is 24.3 Å². The van der Waals surface area contributed by atoms with Gasteiger partial charge in [0.1, 0.15) is 6.33 Å². The molecule has 1 heterocycles. The molecule has 0 atom stereocenters. The summed E-state index contributed by atoms with van der Waals surface area (Å²) in [7, 11) is 3.40. The van der Waals surface area contributed by atoms with Crippen LogP contribution in [0.5, 0.6) is 0 Å². The summed E-state index contributed by atoms with van der Waals surface area (Å²) < 4.78 is 1.08. The highest BCUT2D eigenvalue weighted by molar-refractivity contribution is 14.1. The molecule has 20 heavy (non-hydrogen) atoms. The summed E-state index contributed by atoms with van der Waals surface area (Å²) in [5.74, 6) is 0.438. The van der Waals surface area contributed by atoms with Gasteiger partial charge in [0.2, 0.25) is 11.6 Å². The molecule has 1 N–H and O–H groups in total. The van der Waals surface area contributed by atoms with E-state index >= 15 is 0 Å². The number of benzene rings is 1. The molecule has 0 aliphatic heterocycles. The van der Waals surface area contributed by atoms with Crippen LogP contribution >= 0.6 is 22.6 Å². The average Bonchev–Trinajstić information content (AvgIpc) is 2.40. The van der Waals surface area contributed by atoms with E-state index in [0.717, 1.165) is 9.26 Å². The topological polar surface area (TPSA) is 84.2 Å². The second kappa shape index (κ2) is 5.99. The first-order valence-electron chi connectivity index (χ1n) is 5.68. The number of halogens is 1. The van der Waals surface area contributed by atoms with Crippen LogP contribution < -0.4 is 10.2 Å². The summed E-state index contributed by atoms with van der Waals surface area (Å²) in [6.45, 7) is 0. The molecule has 1 aromatic heterocycles. The van der Waals surface area contributed by atoms with E-state index in [9.17, 15) is 10.1 Å². The number of hydrogen-bond acceptors (Lipinski definition) is 6. The summed E-state index contributed by atoms with van der Waals surface area (Å²) in [5.41, 5.74) is 0.591. The van der Waals surface area contributed by atoms with Gasteiger partial charge in [-0.1, -0.05) is 0 Å². The second-order valence-corrected chi connectivity index (χ2v) is 5.42. The van der Waals surface area contributed by atoms with Crippen LogP contribution in [-0.4, -0.2) is 29.0 Å². The van der Waals surface area contributed by atoms with E-state index < -0.39 is 4.92 Å². The molecule has 1 aromatic carbocycles. The van der Waals surface area contributed by atoms with Gasteiger partial charge in [-0.05, 0) is 46.9 Å². The molecule has 0 amide bonds. The number of nitro groups is 1. The Morgan fingerprint density at radius 1 is 1.25 bits per heavy atom. The standard InChI is InChI=1S/C12H12IN5O2/c1-17(2)12-10(18(19)20)11(14-7-15-12)16-9-5-3-8(13)4-6-9/h3-7H,1-2H3,(H,14,15,16). The summed E-state index contributed by atoms with van der Waals surface area (Å²) >= 11 is 2.19. The molecule has 104 valence electrons. The van der Waals surface area contributed by atoms with Crippen LogP contribution in [0.3, 0.4) is 0 Å². The van der Waals surface area contributed by atoms with Crippen LogP contribution in [0.4, 0.5) is 23.0 Å². The van der Waals surface area contributed by atoms with Gasteiger partial charge in [0, 0.05) is 23.4 Å². The third-order valence-corrected chi connectivity index (χ3v) is 3.24. The molecule has 0 spiro atoms. The SMILES string of the molecule is CN(C)c1ncnc(Nc2ccc(I)cc2)c1[N+](=O)[O-]. The van der Waals surface area contributed by atoms with Crippen molar-refractivity contribution in [1.29, 1.82) is 0 Å². The van der Waals surface area contributed by atoms with E-state index in [0.29, 0.717) is 0 Å². The zero-order valence-corrected chi connectivity index (χ0v) is 13.0. The lowest BCUT2D eigenvalue weighted by atomic mass is 10.3. The Hall–Kier alpha value is -1.97. The molecule has 0 saturated carbocycles. The van der Waals surface area contributed by atoms with Gasteiger partial charge >= 0.3 is 5.69 Å². The zero-order chi connectivity index (χ0) is 14.7. The predicted octanol–water partition coefficient (Wildman–Crippen LogP) is 2.80. The minimum absolute atomic E-state index is 0.143. The monoisotopic (exact) mass is 385 g/mol. The first-order chi connectivity index (χ1) is 9.49. The smallest absolute Gasteiger partial charge is 0.353 e. The second-order valence-electron chi connectivity index (χ2n) is 4.18. The van der Waals surface area contributed by atoms with Crippen LogP contribution in [0.15, 0.2) is 30.6 Å². The van der Waals surface area contributed by atoms with Crippen molar-refractivity contribution in [2.45, 2.75) is 0 Å². The molecule has 0 unspecified atom stereocenters. The van der Waals surface area contributed by atoms with Crippen LogP contribution in [-0.2, 0) is 0 Å². The van der Waals surface area contributed by atoms with E-state index in [1.165, 1.54) is 6.33 Å². The molecular weight excluding hydrogens is 373 g/mol. The molecule has 7 nitrogen and oxygen atoms in total. The van der Waals surface area contributed by atoms with E-state index in [4.69, 9.17) is 0 Å². The number of aromatic nitrogens is 2. The van der Waals surface area contributed by atoms with E-state index in [1.54, 1.807) is 19.0 Å². The third kappa shape index (κ3) is 3.13. The van der Waals surface area contributed by atoms with Gasteiger partial charge in [0.05, 0.1) is 4.92 Å². The molecule has 0 aliphatic carbocycles. The Bertz CT molecular complexity index is 630. The minimum atomic E-state index is -0.482. The van der Waals surface area contributed by atoms with Gasteiger partial charge in [-0.15, -0.1) is 0 Å². The maximum absolute atomic E-state index is 11.2. The molecule has 2 aromatic rings. The number of nitrogens with one attached hydrogen (secondary N) is 1. The Morgan fingerprint density at radius 2 is 1.90 bits per heavy atom. The first kappa shape index (κ1) is 14.4. The lowest BCUT2D eigenvalue weighted by molar-refractivity contribution is -0.383. The maximum Gasteiger partial charge on any atom is 0.353 e. The molecule has 0 fully saturated rings. The van der Waals surface area contributed by atoms with Gasteiger partial charge in [-0.3, -0.25) is 10.1 Å². The quantitative estimate of drug-likeness (QED) is 0.495. The van der Waals surface area contributed by atoms with Crippen LogP contribution in [0.2, 0.25) is 0 Å². The highest BCUT2D eigenvalue weighted by atomic mass is 127. The Kier molecular flexibility index (Phi) is 4.32. The van der Waals surface area contributed by atoms with Crippen molar-refractivity contribution in [2.75, 3.05) is 24.3 Å². The lowest BCUT2D eigenvalue weighted by Gasteiger charge is -2.13. The van der Waals surface area contributed by atoms with Crippen molar-refractivity contribution >= 4 is 45.6 Å². The number of hydrogen-bond donors (Lipinski definition) is 1. The number of rotatable bonds is 4. The number of anilines is 3. The van der Waals surface area contributed by atoms with Gasteiger partial charge < -0.3 is 10.2 Å². The Morgan fingerprint density at radius 3 is 2.45 bits per heavy atom. The van der Waals surface area contributed by atoms with Crippen molar-refractivity contribution < 1.29 is 4.92 Å². The third-order valence-electron chi connectivity index (χ3n) is 2.52. The fourth-order valence-corrected chi connectivity index (χ4v) is 1.99. The largest absolute Gasteiger partial charge is 0.357 e. The van der Waals surface area contributed by atoms with E-state index in [-0.39, 0.29) is 17.3 Å². The lowest BCUT2D eigenvalue weighted by Crippen LogP contribution is -2.14. The molecule has 0 aliphatic rings.